The second-order valence-corrected chi connectivity index (χ2v) is 9.41. The lowest BCUT2D eigenvalue weighted by atomic mass is 10.1. The molecule has 0 unspecified atom stereocenters. The maximum absolute atomic E-state index is 13.6. The standard InChI is InChI=1S/C31H26N4O2/c1-19-13-14-20(2)27(15-19)34-21(3)16-24(22(34)4)18-32-35-30(29-17-23-9-5-8-12-28(23)37-29)33-26-11-7-6-10-25(26)31(35)36/h5-18H,1-4H3. The lowest BCUT2D eigenvalue weighted by molar-refractivity contribution is 0.616. The molecule has 0 radical (unpaired) electrons. The Morgan fingerprint density at radius 1 is 0.892 bits per heavy atom. The van der Waals surface area contributed by atoms with Crippen LogP contribution in [0, 0.1) is 27.7 Å². The van der Waals surface area contributed by atoms with Crippen molar-refractivity contribution in [1.29, 1.82) is 0 Å². The van der Waals surface area contributed by atoms with Crippen molar-refractivity contribution in [1.82, 2.24) is 14.2 Å². The zero-order valence-corrected chi connectivity index (χ0v) is 21.2. The molecular formula is C31H26N4O2. The van der Waals surface area contributed by atoms with Gasteiger partial charge in [-0.15, -0.1) is 0 Å². The van der Waals surface area contributed by atoms with Gasteiger partial charge in [-0.05, 0) is 75.2 Å². The second-order valence-electron chi connectivity index (χ2n) is 9.41. The smallest absolute Gasteiger partial charge is 0.282 e. The fourth-order valence-corrected chi connectivity index (χ4v) is 4.85. The van der Waals surface area contributed by atoms with E-state index < -0.39 is 0 Å². The quantitative estimate of drug-likeness (QED) is 0.260. The maximum atomic E-state index is 13.6. The Morgan fingerprint density at radius 2 is 1.68 bits per heavy atom. The maximum Gasteiger partial charge on any atom is 0.282 e. The molecule has 6 heteroatoms. The molecule has 6 rings (SSSR count). The number of nitrogens with zero attached hydrogens (tertiary/aromatic N) is 4. The molecule has 0 fully saturated rings. The van der Waals surface area contributed by atoms with Gasteiger partial charge in [0.05, 0.1) is 17.1 Å². The molecule has 0 aliphatic carbocycles. The van der Waals surface area contributed by atoms with Crippen LogP contribution in [-0.4, -0.2) is 20.4 Å². The number of fused-ring (bicyclic) bond motifs is 2. The highest BCUT2D eigenvalue weighted by molar-refractivity contribution is 5.85. The highest BCUT2D eigenvalue weighted by Crippen LogP contribution is 2.28. The van der Waals surface area contributed by atoms with Gasteiger partial charge in [0.25, 0.3) is 5.56 Å². The van der Waals surface area contributed by atoms with Crippen molar-refractivity contribution in [3.8, 4) is 17.3 Å². The Bertz CT molecular complexity index is 1870. The van der Waals surface area contributed by atoms with Crippen LogP contribution in [0.4, 0.5) is 0 Å². The van der Waals surface area contributed by atoms with E-state index in [1.165, 1.54) is 15.8 Å². The normalized spacial score (nSPS) is 11.8. The molecule has 6 nitrogen and oxygen atoms in total. The van der Waals surface area contributed by atoms with Crippen LogP contribution in [0.3, 0.4) is 0 Å². The van der Waals surface area contributed by atoms with Gasteiger partial charge >= 0.3 is 0 Å². The van der Waals surface area contributed by atoms with E-state index in [1.807, 2.05) is 48.5 Å². The summed E-state index contributed by atoms with van der Waals surface area (Å²) in [5.74, 6) is 0.849. The minimum atomic E-state index is -0.249. The summed E-state index contributed by atoms with van der Waals surface area (Å²) in [5.41, 5.74) is 7.67. The van der Waals surface area contributed by atoms with E-state index in [9.17, 15) is 4.79 Å². The number of benzene rings is 3. The summed E-state index contributed by atoms with van der Waals surface area (Å²) in [6.45, 7) is 8.35. The minimum absolute atomic E-state index is 0.249. The second kappa shape index (κ2) is 8.75. The van der Waals surface area contributed by atoms with E-state index >= 15 is 0 Å². The number of rotatable bonds is 4. The third kappa shape index (κ3) is 3.87. The fourth-order valence-electron chi connectivity index (χ4n) is 4.85. The van der Waals surface area contributed by atoms with Gasteiger partial charge < -0.3 is 8.98 Å². The average Bonchev–Trinajstić information content (AvgIpc) is 3.45. The summed E-state index contributed by atoms with van der Waals surface area (Å²) in [4.78, 5) is 18.4. The lowest BCUT2D eigenvalue weighted by Crippen LogP contribution is -2.20. The topological polar surface area (TPSA) is 65.3 Å². The Kier molecular flexibility index (Phi) is 5.37. The van der Waals surface area contributed by atoms with Crippen LogP contribution in [-0.2, 0) is 0 Å². The molecule has 0 aliphatic rings. The van der Waals surface area contributed by atoms with Crippen molar-refractivity contribution in [3.05, 3.63) is 117 Å². The first-order valence-electron chi connectivity index (χ1n) is 12.2. The predicted molar refractivity (Wildman–Crippen MR) is 149 cm³/mol. The molecule has 0 N–H and O–H groups in total. The van der Waals surface area contributed by atoms with Gasteiger partial charge in [-0.2, -0.15) is 9.78 Å². The Hall–Kier alpha value is -4.71. The molecule has 0 bridgehead atoms. The van der Waals surface area contributed by atoms with Crippen molar-refractivity contribution in [2.24, 2.45) is 5.10 Å². The van der Waals surface area contributed by atoms with Crippen molar-refractivity contribution >= 4 is 28.1 Å². The zero-order valence-electron chi connectivity index (χ0n) is 21.2. The van der Waals surface area contributed by atoms with Crippen LogP contribution < -0.4 is 5.56 Å². The fraction of sp³-hybridized carbons (Fsp3) is 0.129. The van der Waals surface area contributed by atoms with Gasteiger partial charge in [0.15, 0.2) is 5.76 Å². The first-order chi connectivity index (χ1) is 17.9. The third-order valence-corrected chi connectivity index (χ3v) is 6.79. The van der Waals surface area contributed by atoms with E-state index in [1.54, 1.807) is 12.3 Å². The highest BCUT2D eigenvalue weighted by atomic mass is 16.3. The monoisotopic (exact) mass is 486 g/mol. The molecule has 182 valence electrons. The average molecular weight is 487 g/mol. The van der Waals surface area contributed by atoms with Crippen LogP contribution in [0.5, 0.6) is 0 Å². The van der Waals surface area contributed by atoms with Crippen LogP contribution in [0.25, 0.3) is 39.1 Å². The van der Waals surface area contributed by atoms with Gasteiger partial charge in [-0.3, -0.25) is 4.79 Å². The molecule has 0 amide bonds. The van der Waals surface area contributed by atoms with Crippen LogP contribution >= 0.6 is 0 Å². The van der Waals surface area contributed by atoms with Crippen molar-refractivity contribution in [3.63, 3.8) is 0 Å². The van der Waals surface area contributed by atoms with E-state index in [0.29, 0.717) is 22.5 Å². The van der Waals surface area contributed by atoms with Crippen molar-refractivity contribution < 1.29 is 4.42 Å². The molecule has 6 aromatic rings. The van der Waals surface area contributed by atoms with Crippen LogP contribution in [0.1, 0.15) is 28.1 Å². The van der Waals surface area contributed by atoms with Crippen molar-refractivity contribution in [2.75, 3.05) is 0 Å². The molecule has 3 aromatic heterocycles. The lowest BCUT2D eigenvalue weighted by Gasteiger charge is -2.13. The summed E-state index contributed by atoms with van der Waals surface area (Å²) in [5, 5.41) is 6.10. The number of hydrogen-bond acceptors (Lipinski definition) is 4. The molecule has 0 saturated carbocycles. The van der Waals surface area contributed by atoms with Gasteiger partial charge in [0, 0.05) is 28.0 Å². The van der Waals surface area contributed by atoms with Gasteiger partial charge in [0.1, 0.15) is 5.58 Å². The minimum Gasteiger partial charge on any atom is -0.453 e. The van der Waals surface area contributed by atoms with Gasteiger partial charge in [-0.25, -0.2) is 4.98 Å². The Balaban J connectivity index is 1.52. The summed E-state index contributed by atoms with van der Waals surface area (Å²) >= 11 is 0. The third-order valence-electron chi connectivity index (χ3n) is 6.79. The van der Waals surface area contributed by atoms with E-state index in [2.05, 4.69) is 61.6 Å². The summed E-state index contributed by atoms with van der Waals surface area (Å²) < 4.78 is 9.64. The molecule has 3 aromatic carbocycles. The zero-order chi connectivity index (χ0) is 25.7. The molecule has 37 heavy (non-hydrogen) atoms. The summed E-state index contributed by atoms with van der Waals surface area (Å²) in [6, 6.07) is 25.5. The predicted octanol–water partition coefficient (Wildman–Crippen LogP) is 6.72. The number of aromatic nitrogens is 3. The number of hydrogen-bond donors (Lipinski definition) is 0. The summed E-state index contributed by atoms with van der Waals surface area (Å²) in [6.07, 6.45) is 1.73. The first-order valence-corrected chi connectivity index (χ1v) is 12.2. The number of aryl methyl sites for hydroxylation is 3. The molecule has 0 saturated heterocycles. The largest absolute Gasteiger partial charge is 0.453 e. The van der Waals surface area contributed by atoms with Crippen molar-refractivity contribution in [2.45, 2.75) is 27.7 Å². The molecule has 0 atom stereocenters. The van der Waals surface area contributed by atoms with Gasteiger partial charge in [-0.1, -0.05) is 42.5 Å². The highest BCUT2D eigenvalue weighted by Gasteiger charge is 2.17. The number of furan rings is 1. The van der Waals surface area contributed by atoms with Gasteiger partial charge in [0.2, 0.25) is 5.82 Å². The molecule has 0 aliphatic heterocycles. The van der Waals surface area contributed by atoms with E-state index in [0.717, 1.165) is 33.6 Å². The van der Waals surface area contributed by atoms with Crippen LogP contribution in [0.15, 0.2) is 93.2 Å². The number of para-hydroxylation sites is 2. The Labute approximate surface area is 214 Å². The molecule has 3 heterocycles. The van der Waals surface area contributed by atoms with E-state index in [4.69, 9.17) is 9.40 Å². The molecule has 0 spiro atoms. The summed E-state index contributed by atoms with van der Waals surface area (Å²) in [7, 11) is 0. The molecular weight excluding hydrogens is 460 g/mol. The SMILES string of the molecule is Cc1ccc(C)c(-n2c(C)cc(C=Nn3c(-c4cc5ccccc5o4)nc4ccccc4c3=O)c2C)c1. The first kappa shape index (κ1) is 22.7. The van der Waals surface area contributed by atoms with Crippen LogP contribution in [0.2, 0.25) is 0 Å². The Morgan fingerprint density at radius 3 is 2.51 bits per heavy atom. The van der Waals surface area contributed by atoms with E-state index in [-0.39, 0.29) is 5.56 Å².